The highest BCUT2D eigenvalue weighted by Crippen LogP contribution is 2.22. The standard InChI is InChI=1S/C20H19ClN4O4S/c1-13-22-19(20(27)24-30(28,29)17-6-4-3-5-7-17)12-25(13)11-15-8-9-16(10-18(15)21)23-14(2)26/h3-10,12H,11H2,1-2H3,(H,23,26)(H,24,27). The lowest BCUT2D eigenvalue weighted by atomic mass is 10.2. The minimum atomic E-state index is -4.00. The number of halogens is 1. The van der Waals surface area contributed by atoms with Gasteiger partial charge in [-0.15, -0.1) is 0 Å². The van der Waals surface area contributed by atoms with Crippen LogP contribution in [0.2, 0.25) is 5.02 Å². The van der Waals surface area contributed by atoms with Crippen LogP contribution in [0.5, 0.6) is 0 Å². The molecule has 3 rings (SSSR count). The van der Waals surface area contributed by atoms with Crippen molar-refractivity contribution in [3.05, 3.63) is 76.8 Å². The SMILES string of the molecule is CC(=O)Nc1ccc(Cn2cc(C(=O)NS(=O)(=O)c3ccccc3)nc2C)c(Cl)c1. The van der Waals surface area contributed by atoms with Crippen LogP contribution in [0.4, 0.5) is 5.69 Å². The molecule has 2 aromatic carbocycles. The number of aryl methyl sites for hydroxylation is 1. The van der Waals surface area contributed by atoms with Crippen molar-refractivity contribution in [1.29, 1.82) is 0 Å². The fourth-order valence-corrected chi connectivity index (χ4v) is 3.97. The first-order chi connectivity index (χ1) is 14.2. The Labute approximate surface area is 178 Å². The summed E-state index contributed by atoms with van der Waals surface area (Å²) in [6, 6.07) is 12.7. The molecule has 1 heterocycles. The molecule has 0 radical (unpaired) electrons. The molecule has 0 aliphatic rings. The van der Waals surface area contributed by atoms with Gasteiger partial charge in [-0.3, -0.25) is 9.59 Å². The van der Waals surface area contributed by atoms with Gasteiger partial charge in [0.1, 0.15) is 11.5 Å². The van der Waals surface area contributed by atoms with Crippen LogP contribution >= 0.6 is 11.6 Å². The minimum absolute atomic E-state index is 0.0134. The third-order valence-corrected chi connectivity index (χ3v) is 5.90. The number of hydrogen-bond acceptors (Lipinski definition) is 5. The lowest BCUT2D eigenvalue weighted by molar-refractivity contribution is -0.114. The molecule has 8 nitrogen and oxygen atoms in total. The summed E-state index contributed by atoms with van der Waals surface area (Å²) < 4.78 is 28.4. The molecule has 156 valence electrons. The van der Waals surface area contributed by atoms with Crippen LogP contribution in [-0.2, 0) is 21.4 Å². The average Bonchev–Trinajstić information content (AvgIpc) is 3.04. The van der Waals surface area contributed by atoms with Gasteiger partial charge in [0.25, 0.3) is 15.9 Å². The summed E-state index contributed by atoms with van der Waals surface area (Å²) >= 11 is 6.30. The van der Waals surface area contributed by atoms with E-state index in [1.54, 1.807) is 47.9 Å². The third-order valence-electron chi connectivity index (χ3n) is 4.20. The zero-order valence-corrected chi connectivity index (χ0v) is 17.8. The van der Waals surface area contributed by atoms with Crippen LogP contribution in [0.1, 0.15) is 28.8 Å². The smallest absolute Gasteiger partial charge is 0.285 e. The van der Waals surface area contributed by atoms with Gasteiger partial charge < -0.3 is 9.88 Å². The fraction of sp³-hybridized carbons (Fsp3) is 0.150. The van der Waals surface area contributed by atoms with Gasteiger partial charge >= 0.3 is 0 Å². The molecule has 2 N–H and O–H groups in total. The zero-order valence-electron chi connectivity index (χ0n) is 16.2. The van der Waals surface area contributed by atoms with E-state index in [0.717, 1.165) is 5.56 Å². The molecule has 0 saturated heterocycles. The predicted octanol–water partition coefficient (Wildman–Crippen LogP) is 2.97. The number of carbonyl (C=O) groups is 2. The van der Waals surface area contributed by atoms with Crippen molar-refractivity contribution in [2.24, 2.45) is 0 Å². The van der Waals surface area contributed by atoms with Gasteiger partial charge in [-0.05, 0) is 36.8 Å². The Hall–Kier alpha value is -3.17. The number of carbonyl (C=O) groups excluding carboxylic acids is 2. The van der Waals surface area contributed by atoms with Crippen LogP contribution in [0.25, 0.3) is 0 Å². The van der Waals surface area contributed by atoms with E-state index in [4.69, 9.17) is 11.6 Å². The summed E-state index contributed by atoms with van der Waals surface area (Å²) in [7, 11) is -4.00. The summed E-state index contributed by atoms with van der Waals surface area (Å²) in [5.41, 5.74) is 1.29. The molecule has 10 heteroatoms. The number of nitrogens with one attached hydrogen (secondary N) is 2. The second-order valence-corrected chi connectivity index (χ2v) is 8.63. The first kappa shape index (κ1) is 21.5. The van der Waals surface area contributed by atoms with E-state index in [1.807, 2.05) is 4.72 Å². The molecular weight excluding hydrogens is 428 g/mol. The molecule has 0 atom stereocenters. The van der Waals surface area contributed by atoms with Gasteiger partial charge in [0.15, 0.2) is 0 Å². The van der Waals surface area contributed by atoms with Crippen molar-refractivity contribution < 1.29 is 18.0 Å². The molecule has 0 fully saturated rings. The molecule has 0 bridgehead atoms. The highest BCUT2D eigenvalue weighted by atomic mass is 35.5. The average molecular weight is 447 g/mol. The lowest BCUT2D eigenvalue weighted by Gasteiger charge is -2.09. The van der Waals surface area contributed by atoms with Crippen LogP contribution in [0.15, 0.2) is 59.6 Å². The maximum Gasteiger partial charge on any atom is 0.285 e. The largest absolute Gasteiger partial charge is 0.330 e. The maximum absolute atomic E-state index is 12.4. The van der Waals surface area contributed by atoms with E-state index < -0.39 is 15.9 Å². The normalized spacial score (nSPS) is 11.2. The number of rotatable bonds is 6. The molecule has 0 aliphatic carbocycles. The summed E-state index contributed by atoms with van der Waals surface area (Å²) in [4.78, 5) is 27.7. The minimum Gasteiger partial charge on any atom is -0.330 e. The van der Waals surface area contributed by atoms with Crippen molar-refractivity contribution in [2.75, 3.05) is 5.32 Å². The Bertz CT molecular complexity index is 1210. The highest BCUT2D eigenvalue weighted by Gasteiger charge is 2.21. The summed E-state index contributed by atoms with van der Waals surface area (Å²) in [6.07, 6.45) is 1.46. The molecule has 0 saturated carbocycles. The molecule has 0 unspecified atom stereocenters. The van der Waals surface area contributed by atoms with Crippen molar-refractivity contribution >= 4 is 39.1 Å². The quantitative estimate of drug-likeness (QED) is 0.604. The van der Waals surface area contributed by atoms with Gasteiger partial charge in [0.05, 0.1) is 11.4 Å². The Morgan fingerprint density at radius 2 is 1.83 bits per heavy atom. The number of aromatic nitrogens is 2. The van der Waals surface area contributed by atoms with Crippen molar-refractivity contribution in [1.82, 2.24) is 14.3 Å². The molecule has 30 heavy (non-hydrogen) atoms. The van der Waals surface area contributed by atoms with Crippen molar-refractivity contribution in [2.45, 2.75) is 25.3 Å². The van der Waals surface area contributed by atoms with E-state index in [1.165, 1.54) is 25.3 Å². The Kier molecular flexibility index (Phi) is 6.23. The Morgan fingerprint density at radius 1 is 1.13 bits per heavy atom. The van der Waals surface area contributed by atoms with Gasteiger partial charge in [-0.1, -0.05) is 35.9 Å². The van der Waals surface area contributed by atoms with Gasteiger partial charge in [0, 0.05) is 23.8 Å². The fourth-order valence-electron chi connectivity index (χ4n) is 2.75. The number of nitrogens with zero attached hydrogens (tertiary/aromatic N) is 2. The first-order valence-electron chi connectivity index (χ1n) is 8.88. The van der Waals surface area contributed by atoms with E-state index in [0.29, 0.717) is 23.1 Å². The molecule has 3 aromatic rings. The number of imidazole rings is 1. The molecule has 1 aromatic heterocycles. The first-order valence-corrected chi connectivity index (χ1v) is 10.7. The molecular formula is C20H19ClN4O4S. The number of anilines is 1. The van der Waals surface area contributed by atoms with Crippen LogP contribution in [0, 0.1) is 6.92 Å². The number of benzene rings is 2. The second kappa shape index (κ2) is 8.68. The number of hydrogen-bond donors (Lipinski definition) is 2. The summed E-state index contributed by atoms with van der Waals surface area (Å²) in [5, 5.41) is 3.09. The van der Waals surface area contributed by atoms with Gasteiger partial charge in [0.2, 0.25) is 5.91 Å². The molecule has 2 amide bonds. The topological polar surface area (TPSA) is 110 Å². The number of amides is 2. The maximum atomic E-state index is 12.4. The molecule has 0 aliphatic heterocycles. The monoisotopic (exact) mass is 446 g/mol. The second-order valence-electron chi connectivity index (χ2n) is 6.54. The van der Waals surface area contributed by atoms with Crippen molar-refractivity contribution in [3.8, 4) is 0 Å². The van der Waals surface area contributed by atoms with Gasteiger partial charge in [-0.2, -0.15) is 0 Å². The highest BCUT2D eigenvalue weighted by molar-refractivity contribution is 7.90. The van der Waals surface area contributed by atoms with Crippen LogP contribution in [0.3, 0.4) is 0 Å². The summed E-state index contributed by atoms with van der Waals surface area (Å²) in [6.45, 7) is 3.42. The summed E-state index contributed by atoms with van der Waals surface area (Å²) in [5.74, 6) is -0.516. The third kappa shape index (κ3) is 5.05. The Morgan fingerprint density at radius 3 is 2.47 bits per heavy atom. The van der Waals surface area contributed by atoms with Crippen LogP contribution in [-0.4, -0.2) is 29.8 Å². The van der Waals surface area contributed by atoms with E-state index in [2.05, 4.69) is 10.3 Å². The van der Waals surface area contributed by atoms with E-state index in [9.17, 15) is 18.0 Å². The zero-order chi connectivity index (χ0) is 21.9. The lowest BCUT2D eigenvalue weighted by Crippen LogP contribution is -2.30. The molecule has 0 spiro atoms. The van der Waals surface area contributed by atoms with Gasteiger partial charge in [-0.25, -0.2) is 18.1 Å². The van der Waals surface area contributed by atoms with E-state index >= 15 is 0 Å². The van der Waals surface area contributed by atoms with Crippen molar-refractivity contribution in [3.63, 3.8) is 0 Å². The predicted molar refractivity (Wildman–Crippen MR) is 113 cm³/mol. The number of sulfonamides is 1. The Balaban J connectivity index is 1.77. The van der Waals surface area contributed by atoms with Crippen LogP contribution < -0.4 is 10.0 Å². The van der Waals surface area contributed by atoms with E-state index in [-0.39, 0.29) is 16.5 Å².